The van der Waals surface area contributed by atoms with Gasteiger partial charge < -0.3 is 0 Å². The summed E-state index contributed by atoms with van der Waals surface area (Å²) in [5, 5.41) is 0. The molecule has 0 fully saturated rings. The van der Waals surface area contributed by atoms with Crippen LogP contribution in [-0.2, 0) is 31.3 Å². The fraction of sp³-hybridized carbons (Fsp3) is 0.143. The largest absolute Gasteiger partial charge is 0.282 e. The summed E-state index contributed by atoms with van der Waals surface area (Å²) >= 11 is 0. The van der Waals surface area contributed by atoms with Crippen molar-refractivity contribution in [1.29, 1.82) is 0 Å². The quantitative estimate of drug-likeness (QED) is 0.792. The summed E-state index contributed by atoms with van der Waals surface area (Å²) in [5.41, 5.74) is 0.569. The van der Waals surface area contributed by atoms with Gasteiger partial charge in [-0.25, -0.2) is 21.2 Å². The Balaban J connectivity index is 2.08. The van der Waals surface area contributed by atoms with Gasteiger partial charge in [-0.2, -0.15) is 0 Å². The van der Waals surface area contributed by atoms with E-state index in [9.17, 15) is 21.2 Å². The average molecular weight is 359 g/mol. The van der Waals surface area contributed by atoms with E-state index in [4.69, 9.17) is 4.84 Å². The summed E-state index contributed by atoms with van der Waals surface area (Å²) < 4.78 is 59.8. The molecule has 0 unspecified atom stereocenters. The van der Waals surface area contributed by atoms with Crippen LogP contribution >= 0.6 is 0 Å². The molecule has 9 heteroatoms. The lowest BCUT2D eigenvalue weighted by molar-refractivity contribution is 0.0795. The molecule has 1 N–H and O–H groups in total. The molecule has 6 nitrogen and oxygen atoms in total. The molecule has 2 aromatic carbocycles. The highest BCUT2D eigenvalue weighted by Crippen LogP contribution is 2.15. The fourth-order valence-electron chi connectivity index (χ4n) is 1.69. The molecule has 2 rings (SSSR count). The standard InChI is InChI=1S/C14H14FNO5S2/c1-22(17,18)13-3-2-4-14(9-13)23(19,20)16-21-10-11-5-7-12(15)8-6-11/h2-9,16H,10H2,1H3. The van der Waals surface area contributed by atoms with Crippen LogP contribution in [-0.4, -0.2) is 23.1 Å². The first-order valence-corrected chi connectivity index (χ1v) is 9.74. The molecule has 0 heterocycles. The smallest absolute Gasteiger partial charge is 0.262 e. The number of rotatable bonds is 6. The van der Waals surface area contributed by atoms with Gasteiger partial charge in [-0.1, -0.05) is 23.1 Å². The second kappa shape index (κ2) is 6.75. The first-order chi connectivity index (χ1) is 10.7. The topological polar surface area (TPSA) is 89.5 Å². The Morgan fingerprint density at radius 3 is 2.22 bits per heavy atom. The zero-order valence-electron chi connectivity index (χ0n) is 12.1. The number of halogens is 1. The predicted octanol–water partition coefficient (Wildman–Crippen LogP) is 1.64. The molecule has 0 aliphatic rings. The maximum atomic E-state index is 12.8. The Labute approximate surface area is 133 Å². The van der Waals surface area contributed by atoms with Crippen LogP contribution in [0.25, 0.3) is 0 Å². The van der Waals surface area contributed by atoms with Crippen molar-refractivity contribution in [3.05, 3.63) is 59.9 Å². The molecule has 0 aliphatic carbocycles. The van der Waals surface area contributed by atoms with Crippen LogP contribution in [0.2, 0.25) is 0 Å². The van der Waals surface area contributed by atoms with Crippen molar-refractivity contribution in [1.82, 2.24) is 4.89 Å². The molecule has 124 valence electrons. The van der Waals surface area contributed by atoms with Crippen LogP contribution in [0.3, 0.4) is 0 Å². The number of benzene rings is 2. The molecular formula is C14H14FNO5S2. The molecule has 23 heavy (non-hydrogen) atoms. The first kappa shape index (κ1) is 17.5. The van der Waals surface area contributed by atoms with E-state index in [0.29, 0.717) is 5.56 Å². The van der Waals surface area contributed by atoms with Crippen molar-refractivity contribution >= 4 is 19.9 Å². The molecule has 0 atom stereocenters. The lowest BCUT2D eigenvalue weighted by Crippen LogP contribution is -2.24. The monoisotopic (exact) mass is 359 g/mol. The zero-order valence-corrected chi connectivity index (χ0v) is 13.7. The molecule has 0 saturated heterocycles. The van der Waals surface area contributed by atoms with E-state index in [0.717, 1.165) is 12.3 Å². The minimum atomic E-state index is -4.03. The van der Waals surface area contributed by atoms with E-state index in [-0.39, 0.29) is 16.4 Å². The minimum absolute atomic E-state index is 0.106. The molecule has 0 bridgehead atoms. The van der Waals surface area contributed by atoms with Gasteiger partial charge in [0.25, 0.3) is 10.0 Å². The highest BCUT2D eigenvalue weighted by Gasteiger charge is 2.17. The van der Waals surface area contributed by atoms with Gasteiger partial charge in [0.2, 0.25) is 0 Å². The molecule has 0 aromatic heterocycles. The second-order valence-corrected chi connectivity index (χ2v) is 8.41. The number of hydrogen-bond donors (Lipinski definition) is 1. The summed E-state index contributed by atoms with van der Waals surface area (Å²) in [7, 11) is -7.55. The fourth-order valence-corrected chi connectivity index (χ4v) is 3.28. The van der Waals surface area contributed by atoms with Gasteiger partial charge in [0.15, 0.2) is 9.84 Å². The number of hydrogen-bond acceptors (Lipinski definition) is 5. The summed E-state index contributed by atoms with van der Waals surface area (Å²) in [6.45, 7) is -0.106. The van der Waals surface area contributed by atoms with Crippen molar-refractivity contribution in [2.75, 3.05) is 6.26 Å². The molecule has 0 spiro atoms. The van der Waals surface area contributed by atoms with E-state index in [1.165, 1.54) is 42.5 Å². The maximum absolute atomic E-state index is 12.8. The van der Waals surface area contributed by atoms with Gasteiger partial charge in [0.1, 0.15) is 5.82 Å². The molecule has 0 radical (unpaired) electrons. The SMILES string of the molecule is CS(=O)(=O)c1cccc(S(=O)(=O)NOCc2ccc(F)cc2)c1. The first-order valence-electron chi connectivity index (χ1n) is 6.37. The summed E-state index contributed by atoms with van der Waals surface area (Å²) in [5.74, 6) is -0.410. The lowest BCUT2D eigenvalue weighted by atomic mass is 10.2. The van der Waals surface area contributed by atoms with E-state index in [1.54, 1.807) is 0 Å². The third-order valence-corrected chi connectivity index (χ3v) is 5.19. The van der Waals surface area contributed by atoms with E-state index in [2.05, 4.69) is 0 Å². The van der Waals surface area contributed by atoms with Crippen molar-refractivity contribution in [2.24, 2.45) is 0 Å². The number of nitrogens with one attached hydrogen (secondary N) is 1. The van der Waals surface area contributed by atoms with Crippen LogP contribution in [0.5, 0.6) is 0 Å². The van der Waals surface area contributed by atoms with E-state index < -0.39 is 25.7 Å². The van der Waals surface area contributed by atoms with Crippen LogP contribution in [0.4, 0.5) is 4.39 Å². The van der Waals surface area contributed by atoms with E-state index in [1.807, 2.05) is 4.89 Å². The van der Waals surface area contributed by atoms with Crippen LogP contribution < -0.4 is 4.89 Å². The Morgan fingerprint density at radius 1 is 1.00 bits per heavy atom. The van der Waals surface area contributed by atoms with Gasteiger partial charge in [-0.3, -0.25) is 4.84 Å². The predicted molar refractivity (Wildman–Crippen MR) is 81.1 cm³/mol. The van der Waals surface area contributed by atoms with Gasteiger partial charge >= 0.3 is 0 Å². The number of sulfonamides is 1. The number of sulfone groups is 1. The Hall–Kier alpha value is -1.81. The van der Waals surface area contributed by atoms with Crippen molar-refractivity contribution in [3.63, 3.8) is 0 Å². The zero-order chi connectivity index (χ0) is 17.1. The maximum Gasteiger partial charge on any atom is 0.262 e. The van der Waals surface area contributed by atoms with Crippen molar-refractivity contribution < 1.29 is 26.1 Å². The van der Waals surface area contributed by atoms with Crippen molar-refractivity contribution in [3.8, 4) is 0 Å². The molecular weight excluding hydrogens is 345 g/mol. The Bertz CT molecular complexity index is 893. The molecule has 0 amide bonds. The van der Waals surface area contributed by atoms with Gasteiger partial charge in [0, 0.05) is 6.26 Å². The molecule has 0 aliphatic heterocycles. The average Bonchev–Trinajstić information content (AvgIpc) is 2.48. The summed E-state index contributed by atoms with van der Waals surface area (Å²) in [6.07, 6.45) is 0.983. The normalized spacial score (nSPS) is 12.3. The van der Waals surface area contributed by atoms with Gasteiger partial charge in [0.05, 0.1) is 16.4 Å². The van der Waals surface area contributed by atoms with Crippen molar-refractivity contribution in [2.45, 2.75) is 16.4 Å². The minimum Gasteiger partial charge on any atom is -0.282 e. The van der Waals surface area contributed by atoms with Crippen LogP contribution in [0.15, 0.2) is 58.3 Å². The van der Waals surface area contributed by atoms with Gasteiger partial charge in [-0.15, -0.1) is 0 Å². The highest BCUT2D eigenvalue weighted by atomic mass is 32.2. The van der Waals surface area contributed by atoms with Crippen LogP contribution in [0.1, 0.15) is 5.56 Å². The van der Waals surface area contributed by atoms with Crippen LogP contribution in [0, 0.1) is 5.82 Å². The third-order valence-electron chi connectivity index (χ3n) is 2.86. The summed E-state index contributed by atoms with van der Waals surface area (Å²) in [4.78, 5) is 6.45. The third kappa shape index (κ3) is 4.83. The molecule has 2 aromatic rings. The van der Waals surface area contributed by atoms with Gasteiger partial charge in [-0.05, 0) is 35.9 Å². The highest BCUT2D eigenvalue weighted by molar-refractivity contribution is 7.91. The summed E-state index contributed by atoms with van der Waals surface area (Å²) in [6, 6.07) is 10.3. The van der Waals surface area contributed by atoms with E-state index >= 15 is 0 Å². The Morgan fingerprint density at radius 2 is 1.61 bits per heavy atom. The second-order valence-electron chi connectivity index (χ2n) is 4.75. The lowest BCUT2D eigenvalue weighted by Gasteiger charge is -2.08. The Kier molecular flexibility index (Phi) is 5.15. The molecule has 0 saturated carbocycles.